The summed E-state index contributed by atoms with van der Waals surface area (Å²) in [6, 6.07) is 5.57. The molecule has 1 N–H and O–H groups in total. The highest BCUT2D eigenvalue weighted by Gasteiger charge is 2.08. The molecule has 108 valence electrons. The van der Waals surface area contributed by atoms with Crippen molar-refractivity contribution < 1.29 is 9.13 Å². The van der Waals surface area contributed by atoms with Gasteiger partial charge >= 0.3 is 0 Å². The zero-order valence-corrected chi connectivity index (χ0v) is 12.8. The number of nitrogens with one attached hydrogen (secondary N) is 1. The van der Waals surface area contributed by atoms with Gasteiger partial charge in [0.1, 0.15) is 11.6 Å². The lowest BCUT2D eigenvalue weighted by atomic mass is 10.2. The molecule has 0 aliphatic heterocycles. The van der Waals surface area contributed by atoms with E-state index in [0.29, 0.717) is 18.2 Å². The van der Waals surface area contributed by atoms with E-state index in [1.54, 1.807) is 36.5 Å². The molecular formula is C15H19FN2OS. The Morgan fingerprint density at radius 1 is 1.40 bits per heavy atom. The van der Waals surface area contributed by atoms with Crippen molar-refractivity contribution in [1.82, 2.24) is 10.3 Å². The van der Waals surface area contributed by atoms with Gasteiger partial charge in [0, 0.05) is 18.0 Å². The fourth-order valence-electron chi connectivity index (χ4n) is 1.67. The molecule has 2 rings (SSSR count). The number of hydrogen-bond donors (Lipinski definition) is 1. The Bertz CT molecular complexity index is 569. The second kappa shape index (κ2) is 6.81. The van der Waals surface area contributed by atoms with Crippen LogP contribution in [0.15, 0.2) is 23.6 Å². The summed E-state index contributed by atoms with van der Waals surface area (Å²) in [5, 5.41) is 6.28. The third kappa shape index (κ3) is 4.02. The molecule has 0 spiro atoms. The molecule has 3 nitrogen and oxygen atoms in total. The Labute approximate surface area is 122 Å². The fraction of sp³-hybridized carbons (Fsp3) is 0.400. The number of benzene rings is 1. The van der Waals surface area contributed by atoms with Crippen LogP contribution in [0.5, 0.6) is 5.75 Å². The maximum absolute atomic E-state index is 13.8. The number of thiazole rings is 1. The van der Waals surface area contributed by atoms with Gasteiger partial charge in [0.25, 0.3) is 0 Å². The van der Waals surface area contributed by atoms with Gasteiger partial charge in [0.05, 0.1) is 5.69 Å². The second-order valence-corrected chi connectivity index (χ2v) is 5.89. The average molecular weight is 294 g/mol. The van der Waals surface area contributed by atoms with E-state index in [9.17, 15) is 4.39 Å². The van der Waals surface area contributed by atoms with E-state index in [2.05, 4.69) is 24.1 Å². The van der Waals surface area contributed by atoms with Crippen molar-refractivity contribution in [3.05, 3.63) is 45.7 Å². The first-order valence-electron chi connectivity index (χ1n) is 6.61. The van der Waals surface area contributed by atoms with Crippen LogP contribution < -0.4 is 10.1 Å². The van der Waals surface area contributed by atoms with E-state index in [-0.39, 0.29) is 11.6 Å². The van der Waals surface area contributed by atoms with Crippen LogP contribution in [0, 0.1) is 12.7 Å². The molecule has 0 aliphatic rings. The molecule has 1 aromatic carbocycles. The molecule has 0 saturated heterocycles. The second-order valence-electron chi connectivity index (χ2n) is 4.94. The zero-order chi connectivity index (χ0) is 14.5. The van der Waals surface area contributed by atoms with E-state index in [1.165, 1.54) is 0 Å². The molecule has 1 aromatic heterocycles. The first-order chi connectivity index (χ1) is 9.56. The van der Waals surface area contributed by atoms with Crippen LogP contribution in [-0.4, -0.2) is 11.0 Å². The highest BCUT2D eigenvalue weighted by atomic mass is 32.1. The van der Waals surface area contributed by atoms with E-state index in [4.69, 9.17) is 4.74 Å². The van der Waals surface area contributed by atoms with Gasteiger partial charge in [-0.15, -0.1) is 11.3 Å². The van der Waals surface area contributed by atoms with Crippen LogP contribution in [0.2, 0.25) is 0 Å². The van der Waals surface area contributed by atoms with Crippen molar-refractivity contribution in [2.45, 2.75) is 40.0 Å². The third-order valence-electron chi connectivity index (χ3n) is 2.79. The van der Waals surface area contributed by atoms with Crippen LogP contribution in [0.3, 0.4) is 0 Å². The Hall–Kier alpha value is -1.46. The summed E-state index contributed by atoms with van der Waals surface area (Å²) in [6.07, 6.45) is 0. The van der Waals surface area contributed by atoms with Gasteiger partial charge in [0.2, 0.25) is 0 Å². The summed E-state index contributed by atoms with van der Waals surface area (Å²) >= 11 is 1.59. The summed E-state index contributed by atoms with van der Waals surface area (Å²) in [5.41, 5.74) is 1.42. The molecule has 20 heavy (non-hydrogen) atoms. The van der Waals surface area contributed by atoms with E-state index >= 15 is 0 Å². The summed E-state index contributed by atoms with van der Waals surface area (Å²) in [4.78, 5) is 4.46. The van der Waals surface area contributed by atoms with Crippen LogP contribution in [-0.2, 0) is 13.2 Å². The lowest BCUT2D eigenvalue weighted by Crippen LogP contribution is -2.21. The Morgan fingerprint density at radius 3 is 2.95 bits per heavy atom. The van der Waals surface area contributed by atoms with Gasteiger partial charge in [-0.05, 0) is 18.6 Å². The minimum absolute atomic E-state index is 0.278. The van der Waals surface area contributed by atoms with Crippen LogP contribution >= 0.6 is 11.3 Å². The lowest BCUT2D eigenvalue weighted by Gasteiger charge is -2.07. The summed E-state index contributed by atoms with van der Waals surface area (Å²) < 4.78 is 19.3. The monoisotopic (exact) mass is 294 g/mol. The molecule has 0 amide bonds. The van der Waals surface area contributed by atoms with Crippen LogP contribution in [0.4, 0.5) is 4.39 Å². The van der Waals surface area contributed by atoms with Crippen molar-refractivity contribution >= 4 is 11.3 Å². The predicted octanol–water partition coefficient (Wildman–Crippen LogP) is 3.67. The van der Waals surface area contributed by atoms with E-state index in [0.717, 1.165) is 17.2 Å². The van der Waals surface area contributed by atoms with Gasteiger partial charge in [-0.1, -0.05) is 26.0 Å². The number of hydrogen-bond acceptors (Lipinski definition) is 4. The lowest BCUT2D eigenvalue weighted by molar-refractivity contribution is 0.285. The van der Waals surface area contributed by atoms with Crippen molar-refractivity contribution in [3.8, 4) is 5.75 Å². The topological polar surface area (TPSA) is 34.1 Å². The Balaban J connectivity index is 1.92. The minimum atomic E-state index is -0.301. The van der Waals surface area contributed by atoms with Gasteiger partial charge in [-0.3, -0.25) is 0 Å². The molecular weight excluding hydrogens is 275 g/mol. The smallest absolute Gasteiger partial charge is 0.167 e. The van der Waals surface area contributed by atoms with Crippen LogP contribution in [0.25, 0.3) is 0 Å². The SMILES string of the molecule is Cc1cccc(OCc2csc(CNC(C)C)n2)c1F. The normalized spacial score (nSPS) is 11.1. The number of aromatic nitrogens is 1. The number of halogens is 1. The average Bonchev–Trinajstić information content (AvgIpc) is 2.86. The minimum Gasteiger partial charge on any atom is -0.484 e. The van der Waals surface area contributed by atoms with Gasteiger partial charge in [-0.2, -0.15) is 0 Å². The van der Waals surface area contributed by atoms with Crippen molar-refractivity contribution in [2.75, 3.05) is 0 Å². The Kier molecular flexibility index (Phi) is 5.09. The van der Waals surface area contributed by atoms with Gasteiger partial charge in [0.15, 0.2) is 11.6 Å². The van der Waals surface area contributed by atoms with Crippen molar-refractivity contribution in [1.29, 1.82) is 0 Å². The highest BCUT2D eigenvalue weighted by Crippen LogP contribution is 2.21. The van der Waals surface area contributed by atoms with E-state index < -0.39 is 0 Å². The van der Waals surface area contributed by atoms with Crippen LogP contribution in [0.1, 0.15) is 30.1 Å². The predicted molar refractivity (Wildman–Crippen MR) is 79.6 cm³/mol. The molecule has 2 aromatic rings. The van der Waals surface area contributed by atoms with E-state index in [1.807, 2.05) is 5.38 Å². The molecule has 5 heteroatoms. The summed E-state index contributed by atoms with van der Waals surface area (Å²) in [5.74, 6) is -0.0238. The summed E-state index contributed by atoms with van der Waals surface area (Å²) in [6.45, 7) is 6.96. The molecule has 0 fully saturated rings. The van der Waals surface area contributed by atoms with Gasteiger partial charge < -0.3 is 10.1 Å². The molecule has 0 bridgehead atoms. The largest absolute Gasteiger partial charge is 0.484 e. The number of rotatable bonds is 6. The molecule has 0 aliphatic carbocycles. The molecule has 1 heterocycles. The fourth-order valence-corrected chi connectivity index (χ4v) is 2.40. The number of ether oxygens (including phenoxy) is 1. The quantitative estimate of drug-likeness (QED) is 0.882. The van der Waals surface area contributed by atoms with Crippen molar-refractivity contribution in [2.24, 2.45) is 0 Å². The first-order valence-corrected chi connectivity index (χ1v) is 7.49. The van der Waals surface area contributed by atoms with Gasteiger partial charge in [-0.25, -0.2) is 9.37 Å². The van der Waals surface area contributed by atoms with Crippen molar-refractivity contribution in [3.63, 3.8) is 0 Å². The summed E-state index contributed by atoms with van der Waals surface area (Å²) in [7, 11) is 0. The Morgan fingerprint density at radius 2 is 2.20 bits per heavy atom. The molecule has 0 unspecified atom stereocenters. The maximum atomic E-state index is 13.8. The number of aryl methyl sites for hydroxylation is 1. The first kappa shape index (κ1) is 14.9. The standard InChI is InChI=1S/C15H19FN2OS/c1-10(2)17-7-14-18-12(9-20-14)8-19-13-6-4-5-11(3)15(13)16/h4-6,9-10,17H,7-8H2,1-3H3. The zero-order valence-electron chi connectivity index (χ0n) is 11.9. The third-order valence-corrected chi connectivity index (χ3v) is 3.69. The molecule has 0 radical (unpaired) electrons. The number of nitrogens with zero attached hydrogens (tertiary/aromatic N) is 1. The maximum Gasteiger partial charge on any atom is 0.167 e. The highest BCUT2D eigenvalue weighted by molar-refractivity contribution is 7.09. The molecule has 0 atom stereocenters. The molecule has 0 saturated carbocycles.